The van der Waals surface area contributed by atoms with E-state index in [1.807, 2.05) is 11.8 Å². The summed E-state index contributed by atoms with van der Waals surface area (Å²) in [6.07, 6.45) is 9.98. The Morgan fingerprint density at radius 1 is 1.50 bits per heavy atom. The molecule has 0 aromatic heterocycles. The van der Waals surface area contributed by atoms with Gasteiger partial charge >= 0.3 is 0 Å². The highest BCUT2D eigenvalue weighted by Gasteiger charge is 2.17. The molecule has 10 heavy (non-hydrogen) atoms. The fourth-order valence-electron chi connectivity index (χ4n) is 1.12. The van der Waals surface area contributed by atoms with Crippen molar-refractivity contribution in [2.45, 2.75) is 20.3 Å². The van der Waals surface area contributed by atoms with Gasteiger partial charge in [0.2, 0.25) is 0 Å². The summed E-state index contributed by atoms with van der Waals surface area (Å²) in [7, 11) is 0. The minimum atomic E-state index is 0.382. The fraction of sp³-hybridized carbons (Fsp3) is 0.556. The van der Waals surface area contributed by atoms with Crippen LogP contribution in [0.5, 0.6) is 0 Å². The van der Waals surface area contributed by atoms with E-state index >= 15 is 0 Å². The summed E-state index contributed by atoms with van der Waals surface area (Å²) in [5, 5.41) is 0. The Hall–Kier alpha value is -0.170. The minimum absolute atomic E-state index is 0.382. The maximum Gasteiger partial charge on any atom is -0.0126 e. The van der Waals surface area contributed by atoms with Crippen LogP contribution in [0.2, 0.25) is 0 Å². The standard InChI is InChI=1S/C9H14S/c1-9(2)6-4-5-8(7-9)10-3/h4-6H,7H2,1-3H3. The second-order valence-corrected chi connectivity index (χ2v) is 4.29. The van der Waals surface area contributed by atoms with Crippen LogP contribution in [0.25, 0.3) is 0 Å². The Labute approximate surface area is 67.4 Å². The van der Waals surface area contributed by atoms with E-state index < -0.39 is 0 Å². The first-order valence-corrected chi connectivity index (χ1v) is 4.79. The van der Waals surface area contributed by atoms with Crippen molar-refractivity contribution >= 4 is 11.8 Å². The smallest absolute Gasteiger partial charge is 0.0126 e. The van der Waals surface area contributed by atoms with Crippen molar-refractivity contribution in [1.82, 2.24) is 0 Å². The van der Waals surface area contributed by atoms with Crippen molar-refractivity contribution in [3.05, 3.63) is 23.1 Å². The Morgan fingerprint density at radius 2 is 2.20 bits per heavy atom. The summed E-state index contributed by atoms with van der Waals surface area (Å²) in [5.74, 6) is 0. The molecule has 1 heteroatoms. The van der Waals surface area contributed by atoms with Gasteiger partial charge in [0.25, 0.3) is 0 Å². The Kier molecular flexibility index (Phi) is 2.24. The number of thioether (sulfide) groups is 1. The van der Waals surface area contributed by atoms with Crippen molar-refractivity contribution < 1.29 is 0 Å². The van der Waals surface area contributed by atoms with E-state index in [1.165, 1.54) is 11.3 Å². The molecule has 1 aliphatic carbocycles. The van der Waals surface area contributed by atoms with Crippen molar-refractivity contribution in [3.63, 3.8) is 0 Å². The topological polar surface area (TPSA) is 0 Å². The Balaban J connectivity index is 2.68. The van der Waals surface area contributed by atoms with E-state index in [9.17, 15) is 0 Å². The van der Waals surface area contributed by atoms with Gasteiger partial charge in [-0.3, -0.25) is 0 Å². The van der Waals surface area contributed by atoms with Gasteiger partial charge in [-0.15, -0.1) is 11.8 Å². The van der Waals surface area contributed by atoms with E-state index in [-0.39, 0.29) is 0 Å². The van der Waals surface area contributed by atoms with Gasteiger partial charge in [-0.1, -0.05) is 32.1 Å². The molecule has 1 aliphatic rings. The number of hydrogen-bond acceptors (Lipinski definition) is 1. The number of allylic oxidation sites excluding steroid dienone is 4. The van der Waals surface area contributed by atoms with Crippen LogP contribution in [0.4, 0.5) is 0 Å². The molecular formula is C9H14S. The zero-order valence-electron chi connectivity index (χ0n) is 6.85. The average Bonchev–Trinajstić information content (AvgIpc) is 1.86. The molecule has 0 aromatic carbocycles. The van der Waals surface area contributed by atoms with Crippen LogP contribution in [0.1, 0.15) is 20.3 Å². The van der Waals surface area contributed by atoms with Crippen LogP contribution in [-0.4, -0.2) is 6.26 Å². The van der Waals surface area contributed by atoms with Crippen molar-refractivity contribution in [3.8, 4) is 0 Å². The normalized spacial score (nSPS) is 22.5. The lowest BCUT2D eigenvalue weighted by atomic mass is 9.86. The molecule has 0 heterocycles. The molecule has 0 amide bonds. The Bertz CT molecular complexity index is 175. The van der Waals surface area contributed by atoms with Gasteiger partial charge in [-0.05, 0) is 23.0 Å². The van der Waals surface area contributed by atoms with Gasteiger partial charge in [0.05, 0.1) is 0 Å². The summed E-state index contributed by atoms with van der Waals surface area (Å²) >= 11 is 1.86. The highest BCUT2D eigenvalue weighted by atomic mass is 32.2. The maximum atomic E-state index is 2.27. The van der Waals surface area contributed by atoms with Gasteiger partial charge in [-0.2, -0.15) is 0 Å². The van der Waals surface area contributed by atoms with Gasteiger partial charge in [-0.25, -0.2) is 0 Å². The largest absolute Gasteiger partial charge is 0.134 e. The highest BCUT2D eigenvalue weighted by molar-refractivity contribution is 8.02. The number of hydrogen-bond donors (Lipinski definition) is 0. The minimum Gasteiger partial charge on any atom is -0.134 e. The molecule has 0 spiro atoms. The second-order valence-electron chi connectivity index (χ2n) is 3.36. The first kappa shape index (κ1) is 7.93. The third-order valence-electron chi connectivity index (χ3n) is 1.72. The SMILES string of the molecule is CSC1=CC=CC(C)(C)C1. The van der Waals surface area contributed by atoms with E-state index in [0.29, 0.717) is 5.41 Å². The van der Waals surface area contributed by atoms with E-state index in [2.05, 4.69) is 38.3 Å². The third kappa shape index (κ3) is 1.91. The first-order chi connectivity index (χ1) is 4.64. The lowest BCUT2D eigenvalue weighted by molar-refractivity contribution is 0.480. The first-order valence-electron chi connectivity index (χ1n) is 3.56. The van der Waals surface area contributed by atoms with Crippen molar-refractivity contribution in [2.75, 3.05) is 6.26 Å². The molecule has 0 N–H and O–H groups in total. The van der Waals surface area contributed by atoms with Crippen LogP contribution in [-0.2, 0) is 0 Å². The summed E-state index contributed by atoms with van der Waals surface area (Å²) in [4.78, 5) is 1.49. The molecule has 0 aromatic rings. The van der Waals surface area contributed by atoms with E-state index in [1.54, 1.807) is 0 Å². The lowest BCUT2D eigenvalue weighted by Gasteiger charge is -2.23. The monoisotopic (exact) mass is 154 g/mol. The van der Waals surface area contributed by atoms with E-state index in [0.717, 1.165) is 0 Å². The van der Waals surface area contributed by atoms with Gasteiger partial charge in [0, 0.05) is 0 Å². The van der Waals surface area contributed by atoms with Crippen LogP contribution >= 0.6 is 11.8 Å². The zero-order chi connectivity index (χ0) is 7.61. The molecule has 0 atom stereocenters. The average molecular weight is 154 g/mol. The highest BCUT2D eigenvalue weighted by Crippen LogP contribution is 2.34. The second kappa shape index (κ2) is 2.83. The predicted octanol–water partition coefficient (Wildman–Crippen LogP) is 3.22. The molecule has 0 aliphatic heterocycles. The molecule has 0 nitrogen and oxygen atoms in total. The van der Waals surface area contributed by atoms with Crippen molar-refractivity contribution in [2.24, 2.45) is 5.41 Å². The van der Waals surface area contributed by atoms with Crippen LogP contribution in [0, 0.1) is 5.41 Å². The quantitative estimate of drug-likeness (QED) is 0.559. The van der Waals surface area contributed by atoms with Gasteiger partial charge in [0.15, 0.2) is 0 Å². The number of rotatable bonds is 1. The predicted molar refractivity (Wildman–Crippen MR) is 49.1 cm³/mol. The van der Waals surface area contributed by atoms with Crippen LogP contribution < -0.4 is 0 Å². The molecule has 56 valence electrons. The molecule has 0 radical (unpaired) electrons. The molecule has 1 rings (SSSR count). The van der Waals surface area contributed by atoms with Crippen molar-refractivity contribution in [1.29, 1.82) is 0 Å². The van der Waals surface area contributed by atoms with Crippen LogP contribution in [0.3, 0.4) is 0 Å². The summed E-state index contributed by atoms with van der Waals surface area (Å²) in [5.41, 5.74) is 0.382. The zero-order valence-corrected chi connectivity index (χ0v) is 7.66. The summed E-state index contributed by atoms with van der Waals surface area (Å²) < 4.78 is 0. The fourth-order valence-corrected chi connectivity index (χ4v) is 1.85. The maximum absolute atomic E-state index is 2.27. The summed E-state index contributed by atoms with van der Waals surface area (Å²) in [6, 6.07) is 0. The van der Waals surface area contributed by atoms with Gasteiger partial charge < -0.3 is 0 Å². The molecular weight excluding hydrogens is 140 g/mol. The molecule has 0 unspecified atom stereocenters. The molecule has 0 fully saturated rings. The molecule has 0 saturated heterocycles. The van der Waals surface area contributed by atoms with Gasteiger partial charge in [0.1, 0.15) is 0 Å². The third-order valence-corrected chi connectivity index (χ3v) is 2.53. The summed E-state index contributed by atoms with van der Waals surface area (Å²) in [6.45, 7) is 4.54. The molecule has 0 saturated carbocycles. The Morgan fingerprint density at radius 3 is 2.60 bits per heavy atom. The lowest BCUT2D eigenvalue weighted by Crippen LogP contribution is -2.09. The molecule has 0 bridgehead atoms. The van der Waals surface area contributed by atoms with Crippen LogP contribution in [0.15, 0.2) is 23.1 Å². The van der Waals surface area contributed by atoms with E-state index in [4.69, 9.17) is 0 Å².